The van der Waals surface area contributed by atoms with Crippen LogP contribution in [0, 0.1) is 5.82 Å². The van der Waals surface area contributed by atoms with E-state index in [1.807, 2.05) is 24.3 Å². The Bertz CT molecular complexity index is 647. The summed E-state index contributed by atoms with van der Waals surface area (Å²) in [5.74, 6) is -0.716. The summed E-state index contributed by atoms with van der Waals surface area (Å²) in [5.41, 5.74) is 6.32. The van der Waals surface area contributed by atoms with Gasteiger partial charge in [0, 0.05) is 10.0 Å². The van der Waals surface area contributed by atoms with E-state index < -0.39 is 5.82 Å². The van der Waals surface area contributed by atoms with Gasteiger partial charge in [-0.15, -0.1) is 0 Å². The van der Waals surface area contributed by atoms with E-state index in [1.54, 1.807) is 6.07 Å². The Morgan fingerprint density at radius 1 is 1.25 bits per heavy atom. The fourth-order valence-electron chi connectivity index (χ4n) is 1.69. The summed E-state index contributed by atoms with van der Waals surface area (Å²) in [4.78, 5) is 0. The Morgan fingerprint density at radius 3 is 2.70 bits per heavy atom. The van der Waals surface area contributed by atoms with Crippen LogP contribution in [0.5, 0.6) is 5.75 Å². The molecule has 0 atom stereocenters. The highest BCUT2D eigenvalue weighted by Crippen LogP contribution is 2.24. The van der Waals surface area contributed by atoms with E-state index in [-0.39, 0.29) is 23.8 Å². The second-order valence-electron chi connectivity index (χ2n) is 3.98. The predicted octanol–water partition coefficient (Wildman–Crippen LogP) is 3.26. The highest BCUT2D eigenvalue weighted by atomic mass is 79.9. The molecule has 4 nitrogen and oxygen atoms in total. The molecule has 0 amide bonds. The van der Waals surface area contributed by atoms with Crippen LogP contribution in [-0.2, 0) is 6.61 Å². The van der Waals surface area contributed by atoms with E-state index in [4.69, 9.17) is 15.7 Å². The van der Waals surface area contributed by atoms with E-state index in [1.165, 1.54) is 12.1 Å². The number of ether oxygens (including phenoxy) is 1. The standard InChI is InChI=1S/C14H12BrFN2O2/c15-10-5-2-1-4-9(10)8-20-12-7-3-6-11(16)13(12)14(17)18-19/h1-7,19H,8H2,(H2,17,18). The van der Waals surface area contributed by atoms with Crippen molar-refractivity contribution in [3.05, 3.63) is 63.9 Å². The van der Waals surface area contributed by atoms with E-state index >= 15 is 0 Å². The van der Waals surface area contributed by atoms with E-state index in [9.17, 15) is 4.39 Å². The van der Waals surface area contributed by atoms with Crippen LogP contribution in [0.15, 0.2) is 52.1 Å². The third-order valence-electron chi connectivity index (χ3n) is 2.68. The summed E-state index contributed by atoms with van der Waals surface area (Å²) >= 11 is 3.40. The van der Waals surface area contributed by atoms with Gasteiger partial charge in [-0.1, -0.05) is 45.4 Å². The summed E-state index contributed by atoms with van der Waals surface area (Å²) < 4.78 is 20.2. The van der Waals surface area contributed by atoms with Crippen molar-refractivity contribution >= 4 is 21.8 Å². The summed E-state index contributed by atoms with van der Waals surface area (Å²) in [6.45, 7) is 0.233. The lowest BCUT2D eigenvalue weighted by atomic mass is 10.1. The maximum Gasteiger partial charge on any atom is 0.176 e. The summed E-state index contributed by atoms with van der Waals surface area (Å²) in [5, 5.41) is 11.5. The topological polar surface area (TPSA) is 67.8 Å². The second kappa shape index (κ2) is 6.38. The van der Waals surface area contributed by atoms with Crippen molar-refractivity contribution in [1.29, 1.82) is 0 Å². The SMILES string of the molecule is N/C(=N\O)c1c(F)cccc1OCc1ccccc1Br. The van der Waals surface area contributed by atoms with Gasteiger partial charge in [0.1, 0.15) is 18.2 Å². The van der Waals surface area contributed by atoms with Crippen molar-refractivity contribution in [2.24, 2.45) is 10.9 Å². The van der Waals surface area contributed by atoms with E-state index in [0.29, 0.717) is 0 Å². The first-order valence-corrected chi connectivity index (χ1v) is 6.55. The number of benzene rings is 2. The fourth-order valence-corrected chi connectivity index (χ4v) is 2.09. The minimum Gasteiger partial charge on any atom is -0.488 e. The molecule has 3 N–H and O–H groups in total. The zero-order chi connectivity index (χ0) is 14.5. The van der Waals surface area contributed by atoms with Crippen molar-refractivity contribution in [2.45, 2.75) is 6.61 Å². The van der Waals surface area contributed by atoms with Gasteiger partial charge in [0.05, 0.1) is 5.56 Å². The number of hydrogen-bond acceptors (Lipinski definition) is 3. The van der Waals surface area contributed by atoms with Crippen LogP contribution in [0.1, 0.15) is 11.1 Å². The van der Waals surface area contributed by atoms with Crippen LogP contribution in [0.2, 0.25) is 0 Å². The van der Waals surface area contributed by atoms with Gasteiger partial charge in [0.15, 0.2) is 5.84 Å². The monoisotopic (exact) mass is 338 g/mol. The highest BCUT2D eigenvalue weighted by Gasteiger charge is 2.14. The van der Waals surface area contributed by atoms with E-state index in [0.717, 1.165) is 10.0 Å². The molecule has 0 saturated carbocycles. The molecule has 0 aliphatic rings. The van der Waals surface area contributed by atoms with Gasteiger partial charge in [-0.2, -0.15) is 0 Å². The van der Waals surface area contributed by atoms with Crippen LogP contribution >= 0.6 is 15.9 Å². The number of hydrogen-bond donors (Lipinski definition) is 2. The maximum atomic E-state index is 13.7. The van der Waals surface area contributed by atoms with Crippen LogP contribution in [0.3, 0.4) is 0 Å². The smallest absolute Gasteiger partial charge is 0.176 e. The largest absolute Gasteiger partial charge is 0.488 e. The van der Waals surface area contributed by atoms with Crippen LogP contribution in [0.25, 0.3) is 0 Å². The van der Waals surface area contributed by atoms with Crippen molar-refractivity contribution in [2.75, 3.05) is 0 Å². The van der Waals surface area contributed by atoms with E-state index in [2.05, 4.69) is 21.1 Å². The lowest BCUT2D eigenvalue weighted by molar-refractivity contribution is 0.300. The minimum atomic E-state index is -0.607. The molecule has 20 heavy (non-hydrogen) atoms. The lowest BCUT2D eigenvalue weighted by Gasteiger charge is -2.12. The maximum absolute atomic E-state index is 13.7. The highest BCUT2D eigenvalue weighted by molar-refractivity contribution is 9.10. The van der Waals surface area contributed by atoms with Gasteiger partial charge in [-0.05, 0) is 18.2 Å². The summed E-state index contributed by atoms with van der Waals surface area (Å²) in [6.07, 6.45) is 0. The molecule has 104 valence electrons. The second-order valence-corrected chi connectivity index (χ2v) is 4.83. The lowest BCUT2D eigenvalue weighted by Crippen LogP contribution is -2.17. The molecular weight excluding hydrogens is 327 g/mol. The fraction of sp³-hybridized carbons (Fsp3) is 0.0714. The first kappa shape index (κ1) is 14.3. The molecule has 0 radical (unpaired) electrons. The Balaban J connectivity index is 2.27. The molecular formula is C14H12BrFN2O2. The molecule has 0 saturated heterocycles. The normalized spacial score (nSPS) is 11.4. The predicted molar refractivity (Wildman–Crippen MR) is 77.4 cm³/mol. The zero-order valence-electron chi connectivity index (χ0n) is 10.4. The Kier molecular flexibility index (Phi) is 4.57. The van der Waals surface area contributed by atoms with Crippen molar-refractivity contribution in [1.82, 2.24) is 0 Å². The molecule has 6 heteroatoms. The van der Waals surface area contributed by atoms with Gasteiger partial charge in [0.2, 0.25) is 0 Å². The number of halogens is 2. The quantitative estimate of drug-likeness (QED) is 0.389. The van der Waals surface area contributed by atoms with Gasteiger partial charge in [-0.25, -0.2) is 4.39 Å². The van der Waals surface area contributed by atoms with Crippen molar-refractivity contribution in [3.63, 3.8) is 0 Å². The number of oxime groups is 1. The van der Waals surface area contributed by atoms with Gasteiger partial charge in [-0.3, -0.25) is 0 Å². The van der Waals surface area contributed by atoms with Gasteiger partial charge < -0.3 is 15.7 Å². The summed E-state index contributed by atoms with van der Waals surface area (Å²) in [7, 11) is 0. The number of rotatable bonds is 4. The van der Waals surface area contributed by atoms with Gasteiger partial charge in [0.25, 0.3) is 0 Å². The Morgan fingerprint density at radius 2 is 2.00 bits per heavy atom. The minimum absolute atomic E-state index is 0.0537. The Hall–Kier alpha value is -2.08. The average molecular weight is 339 g/mol. The first-order valence-electron chi connectivity index (χ1n) is 5.76. The molecule has 0 unspecified atom stereocenters. The van der Waals surface area contributed by atoms with Crippen LogP contribution in [0.4, 0.5) is 4.39 Å². The molecule has 0 bridgehead atoms. The molecule has 2 rings (SSSR count). The molecule has 0 heterocycles. The Labute approximate surface area is 123 Å². The number of nitrogens with zero attached hydrogens (tertiary/aromatic N) is 1. The third-order valence-corrected chi connectivity index (χ3v) is 3.45. The van der Waals surface area contributed by atoms with Crippen LogP contribution in [-0.4, -0.2) is 11.0 Å². The van der Waals surface area contributed by atoms with Crippen molar-refractivity contribution in [3.8, 4) is 5.75 Å². The molecule has 0 fully saturated rings. The number of nitrogens with two attached hydrogens (primary N) is 1. The molecule has 0 aliphatic heterocycles. The number of amidine groups is 1. The molecule has 0 aromatic heterocycles. The zero-order valence-corrected chi connectivity index (χ0v) is 12.0. The molecule has 2 aromatic carbocycles. The molecule has 0 spiro atoms. The molecule has 2 aromatic rings. The van der Waals surface area contributed by atoms with Crippen LogP contribution < -0.4 is 10.5 Å². The van der Waals surface area contributed by atoms with Gasteiger partial charge >= 0.3 is 0 Å². The summed E-state index contributed by atoms with van der Waals surface area (Å²) in [6, 6.07) is 11.8. The van der Waals surface area contributed by atoms with Crippen molar-refractivity contribution < 1.29 is 14.3 Å². The average Bonchev–Trinajstić information content (AvgIpc) is 2.46. The molecule has 0 aliphatic carbocycles. The third kappa shape index (κ3) is 3.08. The first-order chi connectivity index (χ1) is 9.63.